The van der Waals surface area contributed by atoms with Crippen LogP contribution in [0.15, 0.2) is 48.5 Å². The number of nitro groups is 1. The van der Waals surface area contributed by atoms with Crippen molar-refractivity contribution in [1.29, 1.82) is 0 Å². The summed E-state index contributed by atoms with van der Waals surface area (Å²) in [5.74, 6) is -0.0870. The first kappa shape index (κ1) is 21.3. The largest absolute Gasteiger partial charge is 0.496 e. The number of non-ortho nitro benzene ring substituents is 1. The molecule has 1 heterocycles. The zero-order valence-corrected chi connectivity index (χ0v) is 16.7. The Morgan fingerprint density at radius 2 is 1.80 bits per heavy atom. The quantitative estimate of drug-likeness (QED) is 0.548. The molecule has 2 amide bonds. The molecule has 2 aromatic rings. The molecule has 9 heteroatoms. The van der Waals surface area contributed by atoms with Crippen LogP contribution in [0.3, 0.4) is 0 Å². The van der Waals surface area contributed by atoms with Gasteiger partial charge >= 0.3 is 0 Å². The lowest BCUT2D eigenvalue weighted by molar-refractivity contribution is -0.384. The molecule has 1 aliphatic heterocycles. The summed E-state index contributed by atoms with van der Waals surface area (Å²) in [4.78, 5) is 39.2. The van der Waals surface area contributed by atoms with Crippen LogP contribution in [0, 0.1) is 10.1 Å². The number of amides is 2. The van der Waals surface area contributed by atoms with Crippen LogP contribution >= 0.6 is 0 Å². The number of methoxy groups -OCH3 is 1. The highest BCUT2D eigenvalue weighted by molar-refractivity contribution is 5.97. The molecule has 9 nitrogen and oxygen atoms in total. The van der Waals surface area contributed by atoms with E-state index in [1.807, 2.05) is 35.2 Å². The Morgan fingerprint density at radius 3 is 2.43 bits per heavy atom. The molecule has 0 unspecified atom stereocenters. The third-order valence-electron chi connectivity index (χ3n) is 4.98. The van der Waals surface area contributed by atoms with E-state index in [9.17, 15) is 19.7 Å². The molecule has 3 rings (SSSR count). The Labute approximate surface area is 174 Å². The molecule has 158 valence electrons. The predicted octanol–water partition coefficient (Wildman–Crippen LogP) is 1.68. The molecule has 0 spiro atoms. The molecule has 0 radical (unpaired) electrons. The van der Waals surface area contributed by atoms with Gasteiger partial charge in [-0.2, -0.15) is 0 Å². The van der Waals surface area contributed by atoms with Crippen molar-refractivity contribution in [3.05, 3.63) is 69.8 Å². The number of carbonyl (C=O) groups is 2. The summed E-state index contributed by atoms with van der Waals surface area (Å²) < 4.78 is 5.20. The summed E-state index contributed by atoms with van der Waals surface area (Å²) in [6, 6.07) is 13.7. The average Bonchev–Trinajstić information content (AvgIpc) is 2.78. The molecular weight excluding hydrogens is 388 g/mol. The summed E-state index contributed by atoms with van der Waals surface area (Å²) in [5.41, 5.74) is 1.04. The normalized spacial score (nSPS) is 14.2. The highest BCUT2D eigenvalue weighted by Crippen LogP contribution is 2.25. The topological polar surface area (TPSA) is 105 Å². The Kier molecular flexibility index (Phi) is 6.97. The predicted molar refractivity (Wildman–Crippen MR) is 110 cm³/mol. The van der Waals surface area contributed by atoms with Gasteiger partial charge in [-0.3, -0.25) is 24.6 Å². The third kappa shape index (κ3) is 5.32. The molecule has 0 aliphatic carbocycles. The van der Waals surface area contributed by atoms with Gasteiger partial charge < -0.3 is 15.0 Å². The van der Waals surface area contributed by atoms with Gasteiger partial charge in [-0.25, -0.2) is 0 Å². The first-order valence-electron chi connectivity index (χ1n) is 9.62. The molecule has 1 fully saturated rings. The second-order valence-corrected chi connectivity index (χ2v) is 6.97. The highest BCUT2D eigenvalue weighted by atomic mass is 16.6. The molecule has 0 aromatic heterocycles. The third-order valence-corrected chi connectivity index (χ3v) is 4.98. The minimum Gasteiger partial charge on any atom is -0.496 e. The monoisotopic (exact) mass is 412 g/mol. The van der Waals surface area contributed by atoms with Crippen LogP contribution in [0.1, 0.15) is 15.9 Å². The number of piperazine rings is 1. The van der Waals surface area contributed by atoms with Gasteiger partial charge in [0.2, 0.25) is 5.91 Å². The van der Waals surface area contributed by atoms with Crippen molar-refractivity contribution >= 4 is 17.5 Å². The molecule has 1 saturated heterocycles. The van der Waals surface area contributed by atoms with Crippen LogP contribution in [0.4, 0.5) is 5.69 Å². The molecule has 2 aromatic carbocycles. The van der Waals surface area contributed by atoms with Crippen molar-refractivity contribution in [2.24, 2.45) is 0 Å². The van der Waals surface area contributed by atoms with Crippen LogP contribution in [0.25, 0.3) is 0 Å². The number of hydrogen-bond acceptors (Lipinski definition) is 6. The van der Waals surface area contributed by atoms with Gasteiger partial charge in [0, 0.05) is 44.9 Å². The first-order chi connectivity index (χ1) is 14.5. The van der Waals surface area contributed by atoms with E-state index in [4.69, 9.17) is 4.74 Å². The van der Waals surface area contributed by atoms with E-state index in [1.54, 1.807) is 4.90 Å². The van der Waals surface area contributed by atoms with Gasteiger partial charge in [-0.1, -0.05) is 30.3 Å². The lowest BCUT2D eigenvalue weighted by Crippen LogP contribution is -2.51. The Hall–Kier alpha value is -3.46. The van der Waals surface area contributed by atoms with Gasteiger partial charge in [0.05, 0.1) is 24.1 Å². The van der Waals surface area contributed by atoms with E-state index in [2.05, 4.69) is 5.32 Å². The molecule has 1 aliphatic rings. The highest BCUT2D eigenvalue weighted by Gasteiger charge is 2.26. The Bertz CT molecular complexity index is 911. The number of nitro benzene ring substituents is 1. The fraction of sp³-hybridized carbons (Fsp3) is 0.333. The van der Waals surface area contributed by atoms with Crippen molar-refractivity contribution in [3.63, 3.8) is 0 Å². The zero-order valence-electron chi connectivity index (χ0n) is 16.7. The van der Waals surface area contributed by atoms with E-state index in [1.165, 1.54) is 25.3 Å². The Balaban J connectivity index is 1.52. The summed E-state index contributed by atoms with van der Waals surface area (Å²) in [6.07, 6.45) is 0. The van der Waals surface area contributed by atoms with Gasteiger partial charge in [0.25, 0.3) is 11.6 Å². The van der Waals surface area contributed by atoms with Crippen molar-refractivity contribution in [1.82, 2.24) is 15.1 Å². The fourth-order valence-corrected chi connectivity index (χ4v) is 3.31. The van der Waals surface area contributed by atoms with Gasteiger partial charge in [-0.05, 0) is 11.6 Å². The standard InChI is InChI=1S/C21H24N4O5/c1-30-19-8-7-17(25(28)29)13-18(19)21(27)24-11-9-23(10-12-24)15-20(26)22-14-16-5-3-2-4-6-16/h2-8,13H,9-12,14-15H2,1H3,(H,22,26). The zero-order chi connectivity index (χ0) is 21.5. The fourth-order valence-electron chi connectivity index (χ4n) is 3.31. The molecule has 0 bridgehead atoms. The maximum Gasteiger partial charge on any atom is 0.270 e. The van der Waals surface area contributed by atoms with Crippen molar-refractivity contribution in [2.75, 3.05) is 39.8 Å². The van der Waals surface area contributed by atoms with Crippen molar-refractivity contribution < 1.29 is 19.2 Å². The minimum atomic E-state index is -0.539. The van der Waals surface area contributed by atoms with Crippen LogP contribution in [0.2, 0.25) is 0 Å². The molecule has 1 N–H and O–H groups in total. The number of carbonyl (C=O) groups excluding carboxylic acids is 2. The molecule has 0 atom stereocenters. The van der Waals surface area contributed by atoms with E-state index in [0.29, 0.717) is 38.5 Å². The van der Waals surface area contributed by atoms with Crippen LogP contribution < -0.4 is 10.1 Å². The lowest BCUT2D eigenvalue weighted by atomic mass is 10.1. The maximum absolute atomic E-state index is 12.9. The van der Waals surface area contributed by atoms with Crippen LogP contribution in [-0.4, -0.2) is 66.4 Å². The summed E-state index contributed by atoms with van der Waals surface area (Å²) in [7, 11) is 1.42. The number of ether oxygens (including phenoxy) is 1. The van der Waals surface area contributed by atoms with E-state index >= 15 is 0 Å². The molecular formula is C21H24N4O5. The summed E-state index contributed by atoms with van der Waals surface area (Å²) >= 11 is 0. The number of rotatable bonds is 7. The number of hydrogen-bond donors (Lipinski definition) is 1. The molecule has 30 heavy (non-hydrogen) atoms. The number of nitrogens with zero attached hydrogens (tertiary/aromatic N) is 3. The summed E-state index contributed by atoms with van der Waals surface area (Å²) in [6.45, 7) is 2.68. The van der Waals surface area contributed by atoms with Crippen LogP contribution in [-0.2, 0) is 11.3 Å². The SMILES string of the molecule is COc1ccc([N+](=O)[O-])cc1C(=O)N1CCN(CC(=O)NCc2ccccc2)CC1. The maximum atomic E-state index is 12.9. The van der Waals surface area contributed by atoms with Crippen LogP contribution in [0.5, 0.6) is 5.75 Å². The van der Waals surface area contributed by atoms with Gasteiger partial charge in [-0.15, -0.1) is 0 Å². The minimum absolute atomic E-state index is 0.0704. The summed E-state index contributed by atoms with van der Waals surface area (Å²) in [5, 5.41) is 13.9. The first-order valence-corrected chi connectivity index (χ1v) is 9.62. The van der Waals surface area contributed by atoms with E-state index in [0.717, 1.165) is 5.56 Å². The smallest absolute Gasteiger partial charge is 0.270 e. The van der Waals surface area contributed by atoms with Gasteiger partial charge in [0.15, 0.2) is 0 Å². The molecule has 0 saturated carbocycles. The number of benzene rings is 2. The van der Waals surface area contributed by atoms with Crippen molar-refractivity contribution in [2.45, 2.75) is 6.54 Å². The van der Waals surface area contributed by atoms with E-state index < -0.39 is 4.92 Å². The second-order valence-electron chi connectivity index (χ2n) is 6.97. The average molecular weight is 412 g/mol. The van der Waals surface area contributed by atoms with Crippen molar-refractivity contribution in [3.8, 4) is 5.75 Å². The Morgan fingerprint density at radius 1 is 1.10 bits per heavy atom. The number of nitrogens with one attached hydrogen (secondary N) is 1. The lowest BCUT2D eigenvalue weighted by Gasteiger charge is -2.34. The second kappa shape index (κ2) is 9.84. The van der Waals surface area contributed by atoms with Gasteiger partial charge in [0.1, 0.15) is 5.75 Å². The van der Waals surface area contributed by atoms with E-state index in [-0.39, 0.29) is 29.6 Å².